The Morgan fingerprint density at radius 2 is 1.95 bits per heavy atom. The molecule has 3 saturated heterocycles. The van der Waals surface area contributed by atoms with Crippen LogP contribution in [0.2, 0.25) is 0 Å². The molecule has 0 aliphatic carbocycles. The van der Waals surface area contributed by atoms with Gasteiger partial charge in [-0.1, -0.05) is 6.92 Å². The van der Waals surface area contributed by atoms with Gasteiger partial charge in [0, 0.05) is 30.4 Å². The number of carbonyl (C=O) groups is 1. The van der Waals surface area contributed by atoms with E-state index in [9.17, 15) is 4.79 Å². The number of nitrogens with one attached hydrogen (secondary N) is 2. The molecule has 4 heteroatoms. The van der Waals surface area contributed by atoms with Crippen molar-refractivity contribution in [3.8, 4) is 0 Å². The van der Waals surface area contributed by atoms with E-state index >= 15 is 0 Å². The molecule has 0 spiro atoms. The number of nitrogens with zero attached hydrogens (tertiary/aromatic N) is 1. The number of piperidine rings is 3. The summed E-state index contributed by atoms with van der Waals surface area (Å²) in [7, 11) is 0. The second kappa shape index (κ2) is 6.48. The first kappa shape index (κ1) is 14.4. The Balaban J connectivity index is 1.57. The number of fused-ring (bicyclic) bond motifs is 3. The lowest BCUT2D eigenvalue weighted by Crippen LogP contribution is -2.57. The number of amides is 1. The molecule has 3 aliphatic rings. The minimum absolute atomic E-state index is 0.0655. The quantitative estimate of drug-likeness (QED) is 0.873. The fraction of sp³-hybridized carbons (Fsp3) is 0.588. The third-order valence-corrected chi connectivity index (χ3v) is 4.70. The maximum absolute atomic E-state index is 12.4. The standard InChI is InChI=1S/C17H25N3O/c1-2-9-18-15-5-3-14(4-6-15)17(21)19-16-12-20-10-7-13(16)8-11-20/h3-6,13,16,18H,2,7-12H2,1H3,(H,19,21). The van der Waals surface area contributed by atoms with Gasteiger partial charge in [-0.3, -0.25) is 4.79 Å². The van der Waals surface area contributed by atoms with Crippen molar-refractivity contribution < 1.29 is 4.79 Å². The van der Waals surface area contributed by atoms with Crippen LogP contribution in [0.25, 0.3) is 0 Å². The molecule has 0 aromatic heterocycles. The zero-order valence-electron chi connectivity index (χ0n) is 12.8. The molecule has 1 atom stereocenters. The van der Waals surface area contributed by atoms with E-state index in [2.05, 4.69) is 22.5 Å². The largest absolute Gasteiger partial charge is 0.385 e. The van der Waals surface area contributed by atoms with Crippen LogP contribution in [-0.4, -0.2) is 43.0 Å². The number of carbonyl (C=O) groups excluding carboxylic acids is 1. The van der Waals surface area contributed by atoms with E-state index in [4.69, 9.17) is 0 Å². The molecule has 0 saturated carbocycles. The van der Waals surface area contributed by atoms with Crippen LogP contribution in [0.3, 0.4) is 0 Å². The summed E-state index contributed by atoms with van der Waals surface area (Å²) in [5, 5.41) is 6.55. The Bertz CT molecular complexity index is 477. The van der Waals surface area contributed by atoms with E-state index in [0.29, 0.717) is 12.0 Å². The molecule has 1 aromatic rings. The summed E-state index contributed by atoms with van der Waals surface area (Å²) in [6, 6.07) is 8.13. The van der Waals surface area contributed by atoms with Crippen LogP contribution in [0.4, 0.5) is 5.69 Å². The number of hydrogen-bond acceptors (Lipinski definition) is 3. The number of benzene rings is 1. The summed E-state index contributed by atoms with van der Waals surface area (Å²) >= 11 is 0. The molecule has 21 heavy (non-hydrogen) atoms. The minimum atomic E-state index is 0.0655. The van der Waals surface area contributed by atoms with Crippen molar-refractivity contribution in [2.75, 3.05) is 31.5 Å². The van der Waals surface area contributed by atoms with Gasteiger partial charge in [-0.05, 0) is 62.5 Å². The Kier molecular flexibility index (Phi) is 4.44. The summed E-state index contributed by atoms with van der Waals surface area (Å²) in [6.07, 6.45) is 3.55. The van der Waals surface area contributed by atoms with Gasteiger partial charge >= 0.3 is 0 Å². The van der Waals surface area contributed by atoms with E-state index in [1.54, 1.807) is 0 Å². The second-order valence-electron chi connectivity index (χ2n) is 6.22. The zero-order chi connectivity index (χ0) is 14.7. The molecule has 3 aliphatic heterocycles. The van der Waals surface area contributed by atoms with Gasteiger partial charge in [0.1, 0.15) is 0 Å². The third kappa shape index (κ3) is 3.38. The van der Waals surface area contributed by atoms with Gasteiger partial charge in [0.15, 0.2) is 0 Å². The molecule has 1 amide bonds. The van der Waals surface area contributed by atoms with Crippen LogP contribution in [0.1, 0.15) is 36.5 Å². The molecule has 1 aromatic carbocycles. The van der Waals surface area contributed by atoms with Crippen molar-refractivity contribution in [3.63, 3.8) is 0 Å². The van der Waals surface area contributed by atoms with E-state index < -0.39 is 0 Å². The fourth-order valence-electron chi connectivity index (χ4n) is 3.39. The number of rotatable bonds is 5. The molecule has 4 nitrogen and oxygen atoms in total. The van der Waals surface area contributed by atoms with Gasteiger partial charge in [-0.2, -0.15) is 0 Å². The van der Waals surface area contributed by atoms with Crippen molar-refractivity contribution in [2.45, 2.75) is 32.2 Å². The fourth-order valence-corrected chi connectivity index (χ4v) is 3.39. The molecule has 2 N–H and O–H groups in total. The molecule has 0 radical (unpaired) electrons. The molecule has 4 rings (SSSR count). The highest BCUT2D eigenvalue weighted by atomic mass is 16.1. The maximum atomic E-state index is 12.4. The van der Waals surface area contributed by atoms with Crippen molar-refractivity contribution in [1.82, 2.24) is 10.2 Å². The zero-order valence-corrected chi connectivity index (χ0v) is 12.8. The van der Waals surface area contributed by atoms with Crippen LogP contribution < -0.4 is 10.6 Å². The highest BCUT2D eigenvalue weighted by Gasteiger charge is 2.34. The molecular weight excluding hydrogens is 262 g/mol. The van der Waals surface area contributed by atoms with Crippen molar-refractivity contribution >= 4 is 11.6 Å². The van der Waals surface area contributed by atoms with Gasteiger partial charge < -0.3 is 15.5 Å². The Morgan fingerprint density at radius 1 is 1.24 bits per heavy atom. The van der Waals surface area contributed by atoms with Crippen molar-refractivity contribution in [1.29, 1.82) is 0 Å². The Morgan fingerprint density at radius 3 is 2.52 bits per heavy atom. The van der Waals surface area contributed by atoms with Gasteiger partial charge in [-0.25, -0.2) is 0 Å². The van der Waals surface area contributed by atoms with Crippen molar-refractivity contribution in [3.05, 3.63) is 29.8 Å². The molecule has 3 fully saturated rings. The predicted octanol–water partition coefficient (Wildman–Crippen LogP) is 2.33. The van der Waals surface area contributed by atoms with Crippen molar-refractivity contribution in [2.24, 2.45) is 5.92 Å². The van der Waals surface area contributed by atoms with Crippen LogP contribution in [0.5, 0.6) is 0 Å². The Labute approximate surface area is 126 Å². The molecule has 114 valence electrons. The average Bonchev–Trinajstić information content (AvgIpc) is 2.54. The first-order chi connectivity index (χ1) is 10.3. The van der Waals surface area contributed by atoms with Crippen LogP contribution in [0, 0.1) is 5.92 Å². The first-order valence-electron chi connectivity index (χ1n) is 8.13. The highest BCUT2D eigenvalue weighted by molar-refractivity contribution is 5.94. The van der Waals surface area contributed by atoms with Gasteiger partial charge in [0.25, 0.3) is 5.91 Å². The van der Waals surface area contributed by atoms with Gasteiger partial charge in [0.2, 0.25) is 0 Å². The predicted molar refractivity (Wildman–Crippen MR) is 85.6 cm³/mol. The lowest BCUT2D eigenvalue weighted by atomic mass is 9.84. The molecule has 1 unspecified atom stereocenters. The summed E-state index contributed by atoms with van der Waals surface area (Å²) < 4.78 is 0. The van der Waals surface area contributed by atoms with E-state index in [1.807, 2.05) is 24.3 Å². The topological polar surface area (TPSA) is 44.4 Å². The van der Waals surface area contributed by atoms with Crippen LogP contribution >= 0.6 is 0 Å². The minimum Gasteiger partial charge on any atom is -0.385 e. The highest BCUT2D eigenvalue weighted by Crippen LogP contribution is 2.27. The second-order valence-corrected chi connectivity index (χ2v) is 6.22. The number of anilines is 1. The average molecular weight is 287 g/mol. The number of hydrogen-bond donors (Lipinski definition) is 2. The Hall–Kier alpha value is -1.55. The van der Waals surface area contributed by atoms with Crippen LogP contribution in [0.15, 0.2) is 24.3 Å². The first-order valence-corrected chi connectivity index (χ1v) is 8.13. The van der Waals surface area contributed by atoms with Crippen LogP contribution in [-0.2, 0) is 0 Å². The summed E-state index contributed by atoms with van der Waals surface area (Å²) in [6.45, 7) is 6.53. The van der Waals surface area contributed by atoms with E-state index in [1.165, 1.54) is 25.9 Å². The lowest BCUT2D eigenvalue weighted by molar-refractivity contribution is 0.0620. The molecule has 3 heterocycles. The van der Waals surface area contributed by atoms with Gasteiger partial charge in [0.05, 0.1) is 0 Å². The molecule has 2 bridgehead atoms. The van der Waals surface area contributed by atoms with E-state index in [0.717, 1.165) is 30.8 Å². The molecular formula is C17H25N3O. The van der Waals surface area contributed by atoms with Gasteiger partial charge in [-0.15, -0.1) is 0 Å². The van der Waals surface area contributed by atoms with E-state index in [-0.39, 0.29) is 5.91 Å². The third-order valence-electron chi connectivity index (χ3n) is 4.70. The maximum Gasteiger partial charge on any atom is 0.251 e. The summed E-state index contributed by atoms with van der Waals surface area (Å²) in [4.78, 5) is 14.8. The summed E-state index contributed by atoms with van der Waals surface area (Å²) in [5.41, 5.74) is 1.84. The lowest BCUT2D eigenvalue weighted by Gasteiger charge is -2.44. The summed E-state index contributed by atoms with van der Waals surface area (Å²) in [5.74, 6) is 0.736. The smallest absolute Gasteiger partial charge is 0.251 e. The normalized spacial score (nSPS) is 27.4. The SMILES string of the molecule is CCCNc1ccc(C(=O)NC2CN3CCC2CC3)cc1. The monoisotopic (exact) mass is 287 g/mol.